The summed E-state index contributed by atoms with van der Waals surface area (Å²) in [5.74, 6) is 0.0175. The largest absolute Gasteiger partial charge is 0.462 e. The highest BCUT2D eigenvalue weighted by atomic mass is 16.7. The van der Waals surface area contributed by atoms with Crippen LogP contribution in [-0.4, -0.2) is 78.3 Å². The number of methoxy groups -OCH3 is 1. The van der Waals surface area contributed by atoms with Crippen LogP contribution < -0.4 is 0 Å². The quantitative estimate of drug-likeness (QED) is 0.373. The highest BCUT2D eigenvalue weighted by Crippen LogP contribution is 2.70. The van der Waals surface area contributed by atoms with Gasteiger partial charge >= 0.3 is 11.9 Å². The maximum atomic E-state index is 12.7. The van der Waals surface area contributed by atoms with Crippen molar-refractivity contribution in [3.8, 4) is 0 Å². The summed E-state index contributed by atoms with van der Waals surface area (Å²) < 4.78 is 29.1. The van der Waals surface area contributed by atoms with Crippen molar-refractivity contribution in [1.82, 2.24) is 0 Å². The van der Waals surface area contributed by atoms with E-state index >= 15 is 0 Å². The molecule has 0 aromatic carbocycles. The van der Waals surface area contributed by atoms with Crippen LogP contribution in [0.25, 0.3) is 0 Å². The number of cyclic esters (lactones) is 1. The molecule has 0 radical (unpaired) electrons. The van der Waals surface area contributed by atoms with Crippen LogP contribution >= 0.6 is 0 Å². The second kappa shape index (κ2) is 10.6. The van der Waals surface area contributed by atoms with Gasteiger partial charge in [0.1, 0.15) is 18.8 Å². The van der Waals surface area contributed by atoms with Crippen molar-refractivity contribution in [1.29, 1.82) is 0 Å². The zero-order valence-electron chi connectivity index (χ0n) is 25.2. The number of carbonyl (C=O) groups excluding carboxylic acids is 2. The van der Waals surface area contributed by atoms with Crippen LogP contribution in [0, 0.1) is 34.5 Å². The van der Waals surface area contributed by atoms with Gasteiger partial charge < -0.3 is 33.9 Å². The Labute approximate surface area is 243 Å². The summed E-state index contributed by atoms with van der Waals surface area (Å²) in [4.78, 5) is 24.2. The Hall–Kier alpha value is -1.52. The second-order valence-corrected chi connectivity index (χ2v) is 14.3. The van der Waals surface area contributed by atoms with E-state index in [0.29, 0.717) is 24.7 Å². The molecule has 2 N–H and O–H groups in total. The third kappa shape index (κ3) is 4.69. The molecule has 5 fully saturated rings. The Morgan fingerprint density at radius 3 is 2.54 bits per heavy atom. The number of aliphatic hydroxyl groups excluding tert-OH is 1. The van der Waals surface area contributed by atoms with Crippen molar-refractivity contribution < 1.29 is 43.5 Å². The summed E-state index contributed by atoms with van der Waals surface area (Å²) in [6.07, 6.45) is 7.14. The average Bonchev–Trinajstić information content (AvgIpc) is 3.42. The summed E-state index contributed by atoms with van der Waals surface area (Å²) >= 11 is 0. The molecule has 0 bridgehead atoms. The van der Waals surface area contributed by atoms with E-state index in [1.54, 1.807) is 13.2 Å². The van der Waals surface area contributed by atoms with E-state index in [9.17, 15) is 19.8 Å². The van der Waals surface area contributed by atoms with Crippen LogP contribution in [-0.2, 0) is 33.3 Å². The van der Waals surface area contributed by atoms with Gasteiger partial charge in [-0.2, -0.15) is 0 Å². The maximum absolute atomic E-state index is 12.7. The fraction of sp³-hybridized carbons (Fsp3) is 0.875. The minimum Gasteiger partial charge on any atom is -0.462 e. The highest BCUT2D eigenvalue weighted by molar-refractivity contribution is 5.85. The SMILES string of the molecule is COC1CC(OC2CCC3(C)C(CC[C@@H]4[C@@H]3CCC3(C)C(C5=CC(=O)OC5)C(OC(C)=O)CC43O)C2)OC(C)C1O. The molecule has 4 saturated carbocycles. The van der Waals surface area contributed by atoms with Gasteiger partial charge in [0.25, 0.3) is 0 Å². The van der Waals surface area contributed by atoms with Crippen LogP contribution in [0.15, 0.2) is 11.6 Å². The monoisotopic (exact) mass is 576 g/mol. The lowest BCUT2D eigenvalue weighted by Gasteiger charge is -2.63. The van der Waals surface area contributed by atoms with Crippen molar-refractivity contribution >= 4 is 11.9 Å². The summed E-state index contributed by atoms with van der Waals surface area (Å²) in [7, 11) is 1.62. The van der Waals surface area contributed by atoms with Gasteiger partial charge in [-0.15, -0.1) is 0 Å². The predicted octanol–water partition coefficient (Wildman–Crippen LogP) is 3.68. The molecule has 13 atom stereocenters. The van der Waals surface area contributed by atoms with Gasteiger partial charge in [0.15, 0.2) is 6.29 Å². The third-order valence-electron chi connectivity index (χ3n) is 12.5. The van der Waals surface area contributed by atoms with E-state index in [4.69, 9.17) is 23.7 Å². The highest BCUT2D eigenvalue weighted by Gasteiger charge is 2.71. The minimum absolute atomic E-state index is 0.0898. The summed E-state index contributed by atoms with van der Waals surface area (Å²) in [6.45, 7) is 8.06. The zero-order valence-corrected chi connectivity index (χ0v) is 25.2. The van der Waals surface area contributed by atoms with E-state index in [-0.39, 0.29) is 60.4 Å². The lowest BCUT2D eigenvalue weighted by Crippen LogP contribution is -2.62. The van der Waals surface area contributed by atoms with Crippen LogP contribution in [0.1, 0.15) is 85.5 Å². The number of aliphatic hydroxyl groups is 2. The lowest BCUT2D eigenvalue weighted by atomic mass is 9.43. The van der Waals surface area contributed by atoms with Crippen molar-refractivity contribution in [3.63, 3.8) is 0 Å². The number of hydrogen-bond donors (Lipinski definition) is 2. The molecule has 0 spiro atoms. The molecule has 4 aliphatic carbocycles. The first-order chi connectivity index (χ1) is 19.4. The Kier molecular flexibility index (Phi) is 7.62. The molecule has 11 unspecified atom stereocenters. The molecule has 41 heavy (non-hydrogen) atoms. The smallest absolute Gasteiger partial charge is 0.331 e. The number of fused-ring (bicyclic) bond motifs is 5. The zero-order chi connectivity index (χ0) is 29.3. The molecule has 9 nitrogen and oxygen atoms in total. The topological polar surface area (TPSA) is 121 Å². The van der Waals surface area contributed by atoms with E-state index in [2.05, 4.69) is 13.8 Å². The molecule has 0 aromatic rings. The Bertz CT molecular complexity index is 1080. The standard InChI is InChI=1S/C32H48O9/c1-17-29(35)24(37-5)14-27(39-17)41-21-8-10-30(3)20(13-21)6-7-23-22(30)9-11-31(4)28(19-12-26(34)38-16-19)25(40-18(2)33)15-32(23,31)36/h12,17,20-25,27-29,35-36H,6-11,13-16H2,1-5H3/t17?,20?,21?,22-,23+,24?,25?,27?,28?,29?,30?,31?,32?/m0/s1. The molecular weight excluding hydrogens is 528 g/mol. The van der Waals surface area contributed by atoms with E-state index < -0.39 is 23.2 Å². The van der Waals surface area contributed by atoms with Crippen LogP contribution in [0.5, 0.6) is 0 Å². The Morgan fingerprint density at radius 2 is 1.85 bits per heavy atom. The summed E-state index contributed by atoms with van der Waals surface area (Å²) in [5, 5.41) is 23.0. The van der Waals surface area contributed by atoms with Crippen molar-refractivity contribution in [2.75, 3.05) is 13.7 Å². The molecule has 0 amide bonds. The fourth-order valence-corrected chi connectivity index (χ4v) is 10.4. The molecule has 2 aliphatic heterocycles. The molecule has 2 heterocycles. The van der Waals surface area contributed by atoms with Gasteiger partial charge in [-0.25, -0.2) is 4.79 Å². The van der Waals surface area contributed by atoms with Gasteiger partial charge in [0.2, 0.25) is 0 Å². The van der Waals surface area contributed by atoms with Gasteiger partial charge in [-0.1, -0.05) is 13.8 Å². The minimum atomic E-state index is -0.990. The van der Waals surface area contributed by atoms with Gasteiger partial charge in [-0.05, 0) is 80.6 Å². The van der Waals surface area contributed by atoms with Crippen LogP contribution in [0.2, 0.25) is 0 Å². The van der Waals surface area contributed by atoms with Gasteiger partial charge in [-0.3, -0.25) is 4.79 Å². The predicted molar refractivity (Wildman–Crippen MR) is 147 cm³/mol. The number of rotatable bonds is 5. The first kappa shape index (κ1) is 29.5. The number of ether oxygens (including phenoxy) is 5. The van der Waals surface area contributed by atoms with Gasteiger partial charge in [0.05, 0.1) is 23.9 Å². The van der Waals surface area contributed by atoms with Crippen LogP contribution in [0.3, 0.4) is 0 Å². The average molecular weight is 577 g/mol. The fourth-order valence-electron chi connectivity index (χ4n) is 10.4. The molecular formula is C32H48O9. The maximum Gasteiger partial charge on any atom is 0.331 e. The van der Waals surface area contributed by atoms with E-state index in [0.717, 1.165) is 50.5 Å². The summed E-state index contributed by atoms with van der Waals surface area (Å²) in [6, 6.07) is 0. The van der Waals surface area contributed by atoms with E-state index in [1.807, 2.05) is 6.92 Å². The number of carbonyl (C=O) groups is 2. The van der Waals surface area contributed by atoms with E-state index in [1.165, 1.54) is 6.92 Å². The first-order valence-electron chi connectivity index (χ1n) is 15.7. The number of hydrogen-bond acceptors (Lipinski definition) is 9. The lowest BCUT2D eigenvalue weighted by molar-refractivity contribution is -0.273. The van der Waals surface area contributed by atoms with Crippen molar-refractivity contribution in [3.05, 3.63) is 11.6 Å². The van der Waals surface area contributed by atoms with Crippen molar-refractivity contribution in [2.24, 2.45) is 34.5 Å². The summed E-state index contributed by atoms with van der Waals surface area (Å²) in [5.41, 5.74) is -0.559. The van der Waals surface area contributed by atoms with Crippen molar-refractivity contribution in [2.45, 2.75) is 128 Å². The Balaban J connectivity index is 1.19. The molecule has 1 saturated heterocycles. The molecule has 6 aliphatic rings. The second-order valence-electron chi connectivity index (χ2n) is 14.3. The Morgan fingerprint density at radius 1 is 1.07 bits per heavy atom. The van der Waals surface area contributed by atoms with Gasteiger partial charge in [0, 0.05) is 44.3 Å². The molecule has 230 valence electrons. The van der Waals surface area contributed by atoms with Crippen LogP contribution in [0.4, 0.5) is 0 Å². The molecule has 0 aromatic heterocycles. The molecule has 6 rings (SSSR count). The number of esters is 2. The normalized spacial score (nSPS) is 51.2. The first-order valence-corrected chi connectivity index (χ1v) is 15.7. The third-order valence-corrected chi connectivity index (χ3v) is 12.5. The molecule has 9 heteroatoms.